The number of anilines is 1. The summed E-state index contributed by atoms with van der Waals surface area (Å²) in [6, 6.07) is 4.53. The molecule has 0 bridgehead atoms. The first-order chi connectivity index (χ1) is 10.5. The van der Waals surface area contributed by atoms with E-state index < -0.39 is 19.7 Å². The van der Waals surface area contributed by atoms with Crippen molar-refractivity contribution in [1.82, 2.24) is 4.90 Å². The average molecular weight is 361 g/mol. The average Bonchev–Trinajstić information content (AvgIpc) is 3.21. The largest absolute Gasteiger partial charge is 0.382 e. The first kappa shape index (κ1) is 18.2. The Morgan fingerprint density at radius 3 is 2.17 bits per heavy atom. The molecule has 0 aromatic heterocycles. The quantitative estimate of drug-likeness (QED) is 0.788. The van der Waals surface area contributed by atoms with Gasteiger partial charge in [-0.1, -0.05) is 0 Å². The molecule has 0 amide bonds. The van der Waals surface area contributed by atoms with Crippen molar-refractivity contribution in [3.8, 4) is 0 Å². The molecule has 8 heteroatoms. The molecule has 1 aliphatic carbocycles. The SMILES string of the molecule is CN(C)C(CNc1ccc(S(C)(=O)=O)cc1S(C)(=O)=O)C1CC1. The number of hydrogen-bond acceptors (Lipinski definition) is 6. The van der Waals surface area contributed by atoms with Crippen LogP contribution < -0.4 is 5.32 Å². The maximum Gasteiger partial charge on any atom is 0.177 e. The molecule has 1 fully saturated rings. The summed E-state index contributed by atoms with van der Waals surface area (Å²) in [5.74, 6) is 0.634. The fraction of sp³-hybridized carbons (Fsp3) is 0.600. The van der Waals surface area contributed by atoms with Gasteiger partial charge in [-0.05, 0) is 51.1 Å². The van der Waals surface area contributed by atoms with Crippen molar-refractivity contribution in [3.05, 3.63) is 18.2 Å². The summed E-state index contributed by atoms with van der Waals surface area (Å²) >= 11 is 0. The zero-order valence-corrected chi connectivity index (χ0v) is 15.5. The number of nitrogens with zero attached hydrogens (tertiary/aromatic N) is 1. The fourth-order valence-corrected chi connectivity index (χ4v) is 4.26. The summed E-state index contributed by atoms with van der Waals surface area (Å²) in [5.41, 5.74) is 0.451. The Morgan fingerprint density at radius 1 is 1.13 bits per heavy atom. The smallest absolute Gasteiger partial charge is 0.177 e. The maximum atomic E-state index is 12.0. The Morgan fingerprint density at radius 2 is 1.74 bits per heavy atom. The van der Waals surface area contributed by atoms with Crippen LogP contribution in [-0.4, -0.2) is 60.9 Å². The normalized spacial score (nSPS) is 17.3. The third kappa shape index (κ3) is 4.68. The molecule has 1 aromatic carbocycles. The van der Waals surface area contributed by atoms with E-state index in [-0.39, 0.29) is 9.79 Å². The van der Waals surface area contributed by atoms with Gasteiger partial charge in [0.2, 0.25) is 0 Å². The van der Waals surface area contributed by atoms with Crippen molar-refractivity contribution >= 4 is 25.4 Å². The van der Waals surface area contributed by atoms with Crippen LogP contribution in [0.3, 0.4) is 0 Å². The van der Waals surface area contributed by atoms with Crippen LogP contribution in [0.5, 0.6) is 0 Å². The van der Waals surface area contributed by atoms with Gasteiger partial charge in [-0.25, -0.2) is 16.8 Å². The van der Waals surface area contributed by atoms with Gasteiger partial charge in [0.1, 0.15) is 0 Å². The molecule has 1 unspecified atom stereocenters. The van der Waals surface area contributed by atoms with Gasteiger partial charge >= 0.3 is 0 Å². The fourth-order valence-electron chi connectivity index (χ4n) is 2.65. The van der Waals surface area contributed by atoms with Gasteiger partial charge in [-0.3, -0.25) is 0 Å². The number of hydrogen-bond donors (Lipinski definition) is 1. The van der Waals surface area contributed by atoms with Crippen LogP contribution in [0.15, 0.2) is 28.0 Å². The number of sulfone groups is 2. The lowest BCUT2D eigenvalue weighted by Crippen LogP contribution is -2.36. The maximum absolute atomic E-state index is 12.0. The van der Waals surface area contributed by atoms with Crippen LogP contribution in [-0.2, 0) is 19.7 Å². The van der Waals surface area contributed by atoms with E-state index in [4.69, 9.17) is 0 Å². The zero-order chi connectivity index (χ0) is 17.4. The molecule has 0 saturated heterocycles. The Bertz CT molecular complexity index is 780. The van der Waals surface area contributed by atoms with Gasteiger partial charge in [-0.15, -0.1) is 0 Å². The summed E-state index contributed by atoms with van der Waals surface area (Å²) in [4.78, 5) is 2.17. The molecule has 0 heterocycles. The van der Waals surface area contributed by atoms with E-state index in [0.29, 0.717) is 24.2 Å². The van der Waals surface area contributed by atoms with Gasteiger partial charge < -0.3 is 10.2 Å². The van der Waals surface area contributed by atoms with Crippen molar-refractivity contribution in [2.24, 2.45) is 5.92 Å². The lowest BCUT2D eigenvalue weighted by molar-refractivity contribution is 0.276. The van der Waals surface area contributed by atoms with Gasteiger partial charge in [-0.2, -0.15) is 0 Å². The summed E-state index contributed by atoms with van der Waals surface area (Å²) in [6.45, 7) is 0.623. The van der Waals surface area contributed by atoms with Crippen molar-refractivity contribution in [3.63, 3.8) is 0 Å². The topological polar surface area (TPSA) is 83.6 Å². The van der Waals surface area contributed by atoms with Crippen LogP contribution in [0.25, 0.3) is 0 Å². The number of rotatable bonds is 7. The number of benzene rings is 1. The highest BCUT2D eigenvalue weighted by Crippen LogP contribution is 2.35. The van der Waals surface area contributed by atoms with E-state index in [2.05, 4.69) is 10.2 Å². The summed E-state index contributed by atoms with van der Waals surface area (Å²) < 4.78 is 47.3. The second-order valence-corrected chi connectivity index (χ2v) is 10.5. The monoisotopic (exact) mass is 360 g/mol. The standard InChI is InChI=1S/C15H24N2O4S2/c1-17(2)14(11-5-6-11)10-16-13-8-7-12(22(3,18)19)9-15(13)23(4,20)21/h7-9,11,14,16H,5-6,10H2,1-4H3. The van der Waals surface area contributed by atoms with Crippen LogP contribution in [0.4, 0.5) is 5.69 Å². The third-order valence-corrected chi connectivity index (χ3v) is 6.36. The van der Waals surface area contributed by atoms with Gasteiger partial charge in [0, 0.05) is 25.1 Å². The highest BCUT2D eigenvalue weighted by atomic mass is 32.2. The van der Waals surface area contributed by atoms with E-state index in [1.54, 1.807) is 0 Å². The lowest BCUT2D eigenvalue weighted by atomic mass is 10.1. The Balaban J connectivity index is 2.31. The van der Waals surface area contributed by atoms with E-state index in [0.717, 1.165) is 12.5 Å². The Hall–Kier alpha value is -1.12. The van der Waals surface area contributed by atoms with Crippen molar-refractivity contribution in [2.75, 3.05) is 38.5 Å². The number of likely N-dealkylation sites (N-methyl/N-ethyl adjacent to an activating group) is 1. The summed E-state index contributed by atoms with van der Waals surface area (Å²) in [5, 5.41) is 3.19. The third-order valence-electron chi connectivity index (χ3n) is 4.11. The predicted octanol–water partition coefficient (Wildman–Crippen LogP) is 1.25. The summed E-state index contributed by atoms with van der Waals surface area (Å²) in [6.07, 6.45) is 4.54. The molecule has 0 aliphatic heterocycles. The molecule has 1 aromatic rings. The van der Waals surface area contributed by atoms with Crippen molar-refractivity contribution in [1.29, 1.82) is 0 Å². The highest BCUT2D eigenvalue weighted by molar-refractivity contribution is 7.91. The van der Waals surface area contributed by atoms with Crippen LogP contribution in [0, 0.1) is 5.92 Å². The van der Waals surface area contributed by atoms with Gasteiger partial charge in [0.05, 0.1) is 15.5 Å². The first-order valence-corrected chi connectivity index (χ1v) is 11.2. The molecule has 0 spiro atoms. The van der Waals surface area contributed by atoms with E-state index in [1.807, 2.05) is 14.1 Å². The van der Waals surface area contributed by atoms with Gasteiger partial charge in [0.15, 0.2) is 19.7 Å². The molecule has 1 N–H and O–H groups in total. The van der Waals surface area contributed by atoms with E-state index >= 15 is 0 Å². The van der Waals surface area contributed by atoms with Crippen LogP contribution >= 0.6 is 0 Å². The molecule has 0 radical (unpaired) electrons. The van der Waals surface area contributed by atoms with Gasteiger partial charge in [0.25, 0.3) is 0 Å². The molecular weight excluding hydrogens is 336 g/mol. The Labute approximate surface area is 138 Å². The molecule has 2 rings (SSSR count). The van der Waals surface area contributed by atoms with Crippen molar-refractivity contribution < 1.29 is 16.8 Å². The number of nitrogens with one attached hydrogen (secondary N) is 1. The van der Waals surface area contributed by atoms with Crippen LogP contribution in [0.2, 0.25) is 0 Å². The van der Waals surface area contributed by atoms with Crippen LogP contribution in [0.1, 0.15) is 12.8 Å². The predicted molar refractivity (Wildman–Crippen MR) is 91.4 cm³/mol. The molecule has 130 valence electrons. The molecule has 1 saturated carbocycles. The second kappa shape index (κ2) is 6.41. The minimum Gasteiger partial charge on any atom is -0.382 e. The lowest BCUT2D eigenvalue weighted by Gasteiger charge is -2.25. The zero-order valence-electron chi connectivity index (χ0n) is 13.9. The molecule has 6 nitrogen and oxygen atoms in total. The molecular formula is C15H24N2O4S2. The first-order valence-electron chi connectivity index (χ1n) is 7.44. The van der Waals surface area contributed by atoms with Crippen molar-refractivity contribution in [2.45, 2.75) is 28.7 Å². The van der Waals surface area contributed by atoms with E-state index in [9.17, 15) is 16.8 Å². The summed E-state index contributed by atoms with van der Waals surface area (Å²) in [7, 11) is -2.96. The highest BCUT2D eigenvalue weighted by Gasteiger charge is 2.32. The second-order valence-electron chi connectivity index (χ2n) is 6.45. The minimum atomic E-state index is -3.53. The molecule has 1 atom stereocenters. The molecule has 23 heavy (non-hydrogen) atoms. The minimum absolute atomic E-state index is 0.00910. The molecule has 1 aliphatic rings. The Kier molecular flexibility index (Phi) is 5.08. The van der Waals surface area contributed by atoms with E-state index in [1.165, 1.54) is 31.0 Å².